The van der Waals surface area contributed by atoms with Crippen LogP contribution in [0.5, 0.6) is 0 Å². The number of carboxylic acid groups (broad SMARTS) is 1. The quantitative estimate of drug-likeness (QED) is 0.654. The van der Waals surface area contributed by atoms with Crippen LogP contribution in [0.25, 0.3) is 0 Å². The lowest BCUT2D eigenvalue weighted by Crippen LogP contribution is -2.03. The number of benzene rings is 1. The molecule has 1 heterocycles. The van der Waals surface area contributed by atoms with Crippen LogP contribution in [0.3, 0.4) is 0 Å². The van der Waals surface area contributed by atoms with Crippen molar-refractivity contribution in [2.75, 3.05) is 0 Å². The summed E-state index contributed by atoms with van der Waals surface area (Å²) in [6, 6.07) is 4.23. The van der Waals surface area contributed by atoms with Gasteiger partial charge in [0.25, 0.3) is 5.69 Å². The molecule has 1 fully saturated rings. The molecule has 0 bridgehead atoms. The first-order chi connectivity index (χ1) is 10.1. The minimum Gasteiger partial charge on any atom is -0.477 e. The molecule has 2 aromatic rings. The van der Waals surface area contributed by atoms with Crippen LogP contribution in [0.2, 0.25) is 0 Å². The molecule has 21 heavy (non-hydrogen) atoms. The van der Waals surface area contributed by atoms with E-state index in [0.717, 1.165) is 12.8 Å². The average Bonchev–Trinajstić information content (AvgIpc) is 3.19. The molecule has 0 amide bonds. The summed E-state index contributed by atoms with van der Waals surface area (Å²) >= 11 is 1.17. The molecule has 1 aliphatic rings. The zero-order chi connectivity index (χ0) is 15.0. The maximum absolute atomic E-state index is 11.0. The van der Waals surface area contributed by atoms with Crippen LogP contribution in [0.15, 0.2) is 28.3 Å². The molecule has 108 valence electrons. The lowest BCUT2D eigenvalue weighted by molar-refractivity contribution is -0.385. The predicted octanol–water partition coefficient (Wildman–Crippen LogP) is 1.77. The number of aromatic carboxylic acids is 1. The first kappa shape index (κ1) is 13.5. The van der Waals surface area contributed by atoms with Crippen molar-refractivity contribution in [3.05, 3.63) is 33.9 Å². The number of carboxylic acids is 1. The highest BCUT2D eigenvalue weighted by Crippen LogP contribution is 2.38. The molecule has 3 rings (SSSR count). The number of nitro groups is 1. The number of carbonyl (C=O) groups is 1. The van der Waals surface area contributed by atoms with E-state index in [0.29, 0.717) is 10.1 Å². The summed E-state index contributed by atoms with van der Waals surface area (Å²) in [5, 5.41) is 31.8. The van der Waals surface area contributed by atoms with Crippen molar-refractivity contribution in [3.63, 3.8) is 0 Å². The molecule has 0 saturated heterocycles. The second-order valence-electron chi connectivity index (χ2n) is 4.48. The maximum atomic E-state index is 11.0. The summed E-state index contributed by atoms with van der Waals surface area (Å²) in [6.07, 6.45) is 2.02. The molecule has 0 unspecified atom stereocenters. The molecule has 1 N–H and O–H groups in total. The van der Waals surface area contributed by atoms with Crippen LogP contribution in [0.1, 0.15) is 29.2 Å². The topological polar surface area (TPSA) is 124 Å². The van der Waals surface area contributed by atoms with E-state index in [9.17, 15) is 14.9 Å². The Labute approximate surface area is 122 Å². The van der Waals surface area contributed by atoms with Gasteiger partial charge in [0.05, 0.1) is 11.0 Å². The standard InChI is InChI=1S/C11H9N5O4S/c17-10(18)8-4-3-7(5-9(8)16(19)20)21-11-12-13-14-15(11)6-1-2-6/h3-6H,1-2H2,(H,17,18). The number of hydrogen-bond donors (Lipinski definition) is 1. The Balaban J connectivity index is 1.92. The van der Waals surface area contributed by atoms with Crippen LogP contribution < -0.4 is 0 Å². The van der Waals surface area contributed by atoms with Crippen LogP contribution in [0.4, 0.5) is 5.69 Å². The summed E-state index contributed by atoms with van der Waals surface area (Å²) in [5.41, 5.74) is -0.788. The molecule has 9 nitrogen and oxygen atoms in total. The second kappa shape index (κ2) is 5.13. The zero-order valence-electron chi connectivity index (χ0n) is 10.5. The summed E-state index contributed by atoms with van der Waals surface area (Å²) in [4.78, 5) is 21.7. The third-order valence-corrected chi connectivity index (χ3v) is 3.90. The monoisotopic (exact) mass is 307 g/mol. The number of tetrazole rings is 1. The molecular formula is C11H9N5O4S. The Bertz CT molecular complexity index is 727. The van der Waals surface area contributed by atoms with E-state index in [1.165, 1.54) is 30.0 Å². The van der Waals surface area contributed by atoms with Gasteiger partial charge in [-0.1, -0.05) is 0 Å². The van der Waals surface area contributed by atoms with Crippen molar-refractivity contribution in [1.29, 1.82) is 0 Å². The van der Waals surface area contributed by atoms with Gasteiger partial charge in [0.15, 0.2) is 0 Å². The fourth-order valence-electron chi connectivity index (χ4n) is 1.81. The van der Waals surface area contributed by atoms with E-state index < -0.39 is 16.6 Å². The molecule has 0 spiro atoms. The maximum Gasteiger partial charge on any atom is 0.342 e. The average molecular weight is 307 g/mol. The smallest absolute Gasteiger partial charge is 0.342 e. The Morgan fingerprint density at radius 2 is 2.24 bits per heavy atom. The highest BCUT2D eigenvalue weighted by Gasteiger charge is 2.28. The van der Waals surface area contributed by atoms with Gasteiger partial charge < -0.3 is 5.11 Å². The lowest BCUT2D eigenvalue weighted by Gasteiger charge is -2.03. The van der Waals surface area contributed by atoms with Crippen molar-refractivity contribution in [2.45, 2.75) is 28.9 Å². The van der Waals surface area contributed by atoms with Crippen molar-refractivity contribution in [3.8, 4) is 0 Å². The SMILES string of the molecule is O=C(O)c1ccc(Sc2nnnn2C2CC2)cc1[N+](=O)[O-]. The molecule has 10 heteroatoms. The Kier molecular flexibility index (Phi) is 3.29. The van der Waals surface area contributed by atoms with Crippen LogP contribution in [0, 0.1) is 10.1 Å². The van der Waals surface area contributed by atoms with Crippen molar-refractivity contribution >= 4 is 23.4 Å². The van der Waals surface area contributed by atoms with Gasteiger partial charge in [-0.25, -0.2) is 9.48 Å². The van der Waals surface area contributed by atoms with Gasteiger partial charge in [0.1, 0.15) is 5.56 Å². The van der Waals surface area contributed by atoms with Gasteiger partial charge >= 0.3 is 5.97 Å². The van der Waals surface area contributed by atoms with E-state index >= 15 is 0 Å². The molecule has 1 aromatic carbocycles. The largest absolute Gasteiger partial charge is 0.477 e. The number of nitro benzene ring substituents is 1. The van der Waals surface area contributed by atoms with Gasteiger partial charge in [-0.3, -0.25) is 10.1 Å². The zero-order valence-corrected chi connectivity index (χ0v) is 11.4. The summed E-state index contributed by atoms with van der Waals surface area (Å²) in [5.74, 6) is -1.33. The highest BCUT2D eigenvalue weighted by molar-refractivity contribution is 7.99. The third-order valence-electron chi connectivity index (χ3n) is 2.96. The molecule has 0 aliphatic heterocycles. The Morgan fingerprint density at radius 1 is 1.48 bits per heavy atom. The fourth-order valence-corrected chi connectivity index (χ4v) is 2.69. The molecular weight excluding hydrogens is 298 g/mol. The van der Waals surface area contributed by atoms with Gasteiger partial charge in [0.2, 0.25) is 5.16 Å². The van der Waals surface area contributed by atoms with E-state index in [4.69, 9.17) is 5.11 Å². The van der Waals surface area contributed by atoms with E-state index in [1.807, 2.05) is 0 Å². The van der Waals surface area contributed by atoms with E-state index in [1.54, 1.807) is 4.68 Å². The van der Waals surface area contributed by atoms with Gasteiger partial charge in [-0.15, -0.1) is 5.10 Å². The lowest BCUT2D eigenvalue weighted by atomic mass is 10.2. The van der Waals surface area contributed by atoms with Crippen LogP contribution in [-0.4, -0.2) is 36.2 Å². The van der Waals surface area contributed by atoms with Gasteiger partial charge in [-0.2, -0.15) is 0 Å². The second-order valence-corrected chi connectivity index (χ2v) is 5.52. The Morgan fingerprint density at radius 3 is 2.86 bits per heavy atom. The normalized spacial score (nSPS) is 14.1. The number of rotatable bonds is 5. The molecule has 1 saturated carbocycles. The predicted molar refractivity (Wildman–Crippen MR) is 70.3 cm³/mol. The molecule has 1 aromatic heterocycles. The van der Waals surface area contributed by atoms with Crippen molar-refractivity contribution < 1.29 is 14.8 Å². The van der Waals surface area contributed by atoms with Gasteiger partial charge in [0, 0.05) is 11.0 Å². The number of nitrogens with zero attached hydrogens (tertiary/aromatic N) is 5. The number of aromatic nitrogens is 4. The minimum atomic E-state index is -1.33. The summed E-state index contributed by atoms with van der Waals surface area (Å²) in [7, 11) is 0. The van der Waals surface area contributed by atoms with E-state index in [-0.39, 0.29) is 11.6 Å². The highest BCUT2D eigenvalue weighted by atomic mass is 32.2. The van der Waals surface area contributed by atoms with E-state index in [2.05, 4.69) is 15.5 Å². The molecule has 1 aliphatic carbocycles. The molecule has 0 radical (unpaired) electrons. The third kappa shape index (κ3) is 2.70. The van der Waals surface area contributed by atoms with Crippen LogP contribution in [-0.2, 0) is 0 Å². The van der Waals surface area contributed by atoms with Gasteiger partial charge in [-0.05, 0) is 47.2 Å². The first-order valence-corrected chi connectivity index (χ1v) is 6.85. The first-order valence-electron chi connectivity index (χ1n) is 6.03. The Hall–Kier alpha value is -2.49. The number of hydrogen-bond acceptors (Lipinski definition) is 7. The fraction of sp³-hybridized carbons (Fsp3) is 0.273. The summed E-state index contributed by atoms with van der Waals surface area (Å²) in [6.45, 7) is 0. The van der Waals surface area contributed by atoms with Crippen molar-refractivity contribution in [2.24, 2.45) is 0 Å². The molecule has 0 atom stereocenters. The minimum absolute atomic E-state index is 0.288. The van der Waals surface area contributed by atoms with Crippen LogP contribution >= 0.6 is 11.8 Å². The van der Waals surface area contributed by atoms with Crippen molar-refractivity contribution in [1.82, 2.24) is 20.2 Å². The summed E-state index contributed by atoms with van der Waals surface area (Å²) < 4.78 is 1.68.